The number of anilines is 1. The van der Waals surface area contributed by atoms with E-state index in [0.29, 0.717) is 16.5 Å². The lowest BCUT2D eigenvalue weighted by molar-refractivity contribution is 0.0770. The van der Waals surface area contributed by atoms with Crippen molar-refractivity contribution in [2.75, 3.05) is 24.7 Å². The van der Waals surface area contributed by atoms with Crippen LogP contribution in [0, 0.1) is 0 Å². The number of hydrogen-bond acceptors (Lipinski definition) is 6. The van der Waals surface area contributed by atoms with E-state index >= 15 is 0 Å². The molecule has 0 aliphatic carbocycles. The summed E-state index contributed by atoms with van der Waals surface area (Å²) in [5.41, 5.74) is 1.28. The summed E-state index contributed by atoms with van der Waals surface area (Å²) in [4.78, 5) is 18.6. The monoisotopic (exact) mass is 434 g/mol. The van der Waals surface area contributed by atoms with Crippen LogP contribution in [0.25, 0.3) is 11.4 Å². The van der Waals surface area contributed by atoms with Gasteiger partial charge in [-0.15, -0.1) is 0 Å². The Kier molecular flexibility index (Phi) is 5.90. The standard InChI is InChI=1S/C19H19ClN4O4S/c1-23(12-17-21-18(22-28-17)13-8-10-14(20)11-9-13)19(25)15-6-4-5-7-16(15)24(2)29(3,26)27/h4-11H,12H2,1-3H3. The molecule has 0 saturated carbocycles. The first kappa shape index (κ1) is 20.8. The summed E-state index contributed by atoms with van der Waals surface area (Å²) >= 11 is 5.88. The van der Waals surface area contributed by atoms with Gasteiger partial charge in [-0.05, 0) is 36.4 Å². The van der Waals surface area contributed by atoms with Gasteiger partial charge in [-0.2, -0.15) is 4.98 Å². The molecule has 0 fully saturated rings. The molecule has 152 valence electrons. The Bertz CT molecular complexity index is 1130. The van der Waals surface area contributed by atoms with Crippen LogP contribution in [0.15, 0.2) is 53.1 Å². The van der Waals surface area contributed by atoms with Crippen molar-refractivity contribution in [2.45, 2.75) is 6.54 Å². The number of aromatic nitrogens is 2. The maximum atomic E-state index is 12.9. The highest BCUT2D eigenvalue weighted by Crippen LogP contribution is 2.24. The van der Waals surface area contributed by atoms with Gasteiger partial charge < -0.3 is 9.42 Å². The fourth-order valence-corrected chi connectivity index (χ4v) is 3.27. The fourth-order valence-electron chi connectivity index (χ4n) is 2.62. The number of benzene rings is 2. The predicted octanol–water partition coefficient (Wildman–Crippen LogP) is 3.06. The molecule has 0 saturated heterocycles. The first-order chi connectivity index (χ1) is 13.7. The van der Waals surface area contributed by atoms with Crippen molar-refractivity contribution in [2.24, 2.45) is 0 Å². The first-order valence-corrected chi connectivity index (χ1v) is 10.8. The summed E-state index contributed by atoms with van der Waals surface area (Å²) in [6.45, 7) is 0.0658. The minimum Gasteiger partial charge on any atom is -0.337 e. The van der Waals surface area contributed by atoms with Crippen LogP contribution < -0.4 is 4.31 Å². The van der Waals surface area contributed by atoms with Gasteiger partial charge in [0.2, 0.25) is 21.7 Å². The average molecular weight is 435 g/mol. The third kappa shape index (κ3) is 4.75. The molecule has 8 nitrogen and oxygen atoms in total. The highest BCUT2D eigenvalue weighted by molar-refractivity contribution is 7.92. The maximum absolute atomic E-state index is 12.9. The number of hydrogen-bond donors (Lipinski definition) is 0. The van der Waals surface area contributed by atoms with Crippen molar-refractivity contribution in [3.63, 3.8) is 0 Å². The molecule has 0 unspecified atom stereocenters. The van der Waals surface area contributed by atoms with Crippen LogP contribution in [0.5, 0.6) is 0 Å². The summed E-state index contributed by atoms with van der Waals surface area (Å²) in [7, 11) is -0.539. The second-order valence-electron chi connectivity index (χ2n) is 6.43. The quantitative estimate of drug-likeness (QED) is 0.591. The summed E-state index contributed by atoms with van der Waals surface area (Å²) in [6, 6.07) is 13.5. The van der Waals surface area contributed by atoms with Crippen molar-refractivity contribution in [1.29, 1.82) is 0 Å². The first-order valence-electron chi connectivity index (χ1n) is 8.53. The van der Waals surface area contributed by atoms with Crippen LogP contribution in [0.2, 0.25) is 5.02 Å². The highest BCUT2D eigenvalue weighted by Gasteiger charge is 2.23. The molecule has 0 atom stereocenters. The summed E-state index contributed by atoms with van der Waals surface area (Å²) in [5.74, 6) is 0.261. The number of amides is 1. The third-order valence-electron chi connectivity index (χ3n) is 4.26. The molecule has 3 aromatic rings. The zero-order valence-electron chi connectivity index (χ0n) is 16.0. The van der Waals surface area contributed by atoms with E-state index in [2.05, 4.69) is 10.1 Å². The molecule has 1 amide bonds. The van der Waals surface area contributed by atoms with Gasteiger partial charge in [0.15, 0.2) is 0 Å². The fraction of sp³-hybridized carbons (Fsp3) is 0.211. The van der Waals surface area contributed by atoms with Crippen molar-refractivity contribution in [3.05, 3.63) is 65.0 Å². The number of sulfonamides is 1. The van der Waals surface area contributed by atoms with E-state index in [1.54, 1.807) is 55.6 Å². The molecular weight excluding hydrogens is 416 g/mol. The lowest BCUT2D eigenvalue weighted by Gasteiger charge is -2.22. The number of para-hydroxylation sites is 1. The van der Waals surface area contributed by atoms with Crippen LogP contribution in [0.3, 0.4) is 0 Å². The zero-order valence-corrected chi connectivity index (χ0v) is 17.6. The van der Waals surface area contributed by atoms with E-state index in [1.165, 1.54) is 11.9 Å². The van der Waals surface area contributed by atoms with Gasteiger partial charge in [0, 0.05) is 24.7 Å². The van der Waals surface area contributed by atoms with Gasteiger partial charge in [0.05, 0.1) is 24.1 Å². The smallest absolute Gasteiger partial charge is 0.256 e. The molecule has 0 radical (unpaired) electrons. The molecule has 1 heterocycles. The number of rotatable bonds is 6. The Labute approximate surface area is 173 Å². The second-order valence-corrected chi connectivity index (χ2v) is 8.88. The number of carbonyl (C=O) groups excluding carboxylic acids is 1. The second kappa shape index (κ2) is 8.22. The summed E-state index contributed by atoms with van der Waals surface area (Å²) < 4.78 is 30.1. The zero-order chi connectivity index (χ0) is 21.2. The van der Waals surface area contributed by atoms with Gasteiger partial charge in [0.1, 0.15) is 0 Å². The van der Waals surface area contributed by atoms with Crippen LogP contribution >= 0.6 is 11.6 Å². The van der Waals surface area contributed by atoms with Crippen LogP contribution in [0.4, 0.5) is 5.69 Å². The third-order valence-corrected chi connectivity index (χ3v) is 5.70. The molecule has 3 rings (SSSR count). The van der Waals surface area contributed by atoms with Crippen molar-refractivity contribution in [3.8, 4) is 11.4 Å². The van der Waals surface area contributed by atoms with Crippen LogP contribution in [-0.2, 0) is 16.6 Å². The van der Waals surface area contributed by atoms with E-state index in [9.17, 15) is 13.2 Å². The Hall–Kier alpha value is -2.91. The van der Waals surface area contributed by atoms with E-state index in [-0.39, 0.29) is 23.9 Å². The predicted molar refractivity (Wildman–Crippen MR) is 110 cm³/mol. The van der Waals surface area contributed by atoms with Gasteiger partial charge in [-0.25, -0.2) is 8.42 Å². The number of carbonyl (C=O) groups is 1. The molecule has 0 bridgehead atoms. The number of halogens is 1. The molecule has 1 aromatic heterocycles. The van der Waals surface area contributed by atoms with E-state index in [0.717, 1.165) is 16.1 Å². The molecule has 29 heavy (non-hydrogen) atoms. The summed E-state index contributed by atoms with van der Waals surface area (Å²) in [5, 5.41) is 4.52. The topological polar surface area (TPSA) is 96.6 Å². The molecule has 10 heteroatoms. The average Bonchev–Trinajstić information content (AvgIpc) is 3.15. The Morgan fingerprint density at radius 1 is 1.10 bits per heavy atom. The van der Waals surface area contributed by atoms with Gasteiger partial charge >= 0.3 is 0 Å². The van der Waals surface area contributed by atoms with Gasteiger partial charge in [-0.1, -0.05) is 28.9 Å². The SMILES string of the molecule is CN(Cc1nc(-c2ccc(Cl)cc2)no1)C(=O)c1ccccc1N(C)S(C)(=O)=O. The van der Waals surface area contributed by atoms with Gasteiger partial charge in [0.25, 0.3) is 5.91 Å². The van der Waals surface area contributed by atoms with E-state index in [4.69, 9.17) is 16.1 Å². The Morgan fingerprint density at radius 2 is 1.76 bits per heavy atom. The van der Waals surface area contributed by atoms with E-state index in [1.807, 2.05) is 0 Å². The Morgan fingerprint density at radius 3 is 2.41 bits per heavy atom. The molecule has 0 N–H and O–H groups in total. The van der Waals surface area contributed by atoms with Gasteiger partial charge in [-0.3, -0.25) is 9.10 Å². The Balaban J connectivity index is 1.80. The van der Waals surface area contributed by atoms with Crippen molar-refractivity contribution in [1.82, 2.24) is 15.0 Å². The molecule has 2 aromatic carbocycles. The largest absolute Gasteiger partial charge is 0.337 e. The minimum absolute atomic E-state index is 0.0658. The minimum atomic E-state index is -3.51. The molecule has 0 aliphatic rings. The lowest BCUT2D eigenvalue weighted by atomic mass is 10.1. The van der Waals surface area contributed by atoms with Crippen molar-refractivity contribution >= 4 is 33.2 Å². The summed E-state index contributed by atoms with van der Waals surface area (Å²) in [6.07, 6.45) is 1.08. The van der Waals surface area contributed by atoms with Crippen LogP contribution in [-0.4, -0.2) is 49.7 Å². The maximum Gasteiger partial charge on any atom is 0.256 e. The molecule has 0 aliphatic heterocycles. The highest BCUT2D eigenvalue weighted by atomic mass is 35.5. The van der Waals surface area contributed by atoms with E-state index < -0.39 is 10.0 Å². The molecule has 0 spiro atoms. The number of nitrogens with zero attached hydrogens (tertiary/aromatic N) is 4. The van der Waals surface area contributed by atoms with Crippen molar-refractivity contribution < 1.29 is 17.7 Å². The lowest BCUT2D eigenvalue weighted by Crippen LogP contribution is -2.31. The van der Waals surface area contributed by atoms with Crippen LogP contribution in [0.1, 0.15) is 16.2 Å². The normalized spacial score (nSPS) is 11.3. The molecular formula is C19H19ClN4O4S.